The smallest absolute Gasteiger partial charge is 0.122 e. The lowest BCUT2D eigenvalue weighted by atomic mass is 10.1. The molecule has 2 N–H and O–H groups in total. The molecule has 2 rings (SSSR count). The van der Waals surface area contributed by atoms with E-state index in [1.807, 2.05) is 12.1 Å². The highest BCUT2D eigenvalue weighted by Crippen LogP contribution is 2.18. The first-order chi connectivity index (χ1) is 8.27. The summed E-state index contributed by atoms with van der Waals surface area (Å²) in [6.45, 7) is 3.18. The van der Waals surface area contributed by atoms with Gasteiger partial charge in [0.1, 0.15) is 5.76 Å². The summed E-state index contributed by atoms with van der Waals surface area (Å²) in [6.07, 6.45) is 4.28. The van der Waals surface area contributed by atoms with Crippen molar-refractivity contribution >= 4 is 0 Å². The lowest BCUT2D eigenvalue weighted by Crippen LogP contribution is -2.45. The Labute approximate surface area is 103 Å². The zero-order chi connectivity index (χ0) is 12.1. The van der Waals surface area contributed by atoms with Gasteiger partial charge in [-0.05, 0) is 45.6 Å². The van der Waals surface area contributed by atoms with Crippen LogP contribution < -0.4 is 10.6 Å². The van der Waals surface area contributed by atoms with Crippen LogP contribution in [0.4, 0.5) is 0 Å². The summed E-state index contributed by atoms with van der Waals surface area (Å²) in [5, 5.41) is 7.05. The molecule has 1 aromatic rings. The number of rotatable bonds is 5. The summed E-state index contributed by atoms with van der Waals surface area (Å²) in [6, 6.07) is 4.91. The molecule has 2 unspecified atom stereocenters. The molecule has 2 atom stereocenters. The highest BCUT2D eigenvalue weighted by molar-refractivity contribution is 5.05. The van der Waals surface area contributed by atoms with Crippen molar-refractivity contribution < 1.29 is 4.42 Å². The number of nitrogens with zero attached hydrogens (tertiary/aromatic N) is 1. The van der Waals surface area contributed by atoms with Gasteiger partial charge in [-0.2, -0.15) is 0 Å². The minimum Gasteiger partial charge on any atom is -0.468 e. The second kappa shape index (κ2) is 6.19. The lowest BCUT2D eigenvalue weighted by molar-refractivity contribution is 0.237. The maximum absolute atomic E-state index is 5.50. The Morgan fingerprint density at radius 3 is 3.06 bits per heavy atom. The summed E-state index contributed by atoms with van der Waals surface area (Å²) in [7, 11) is 4.18. The van der Waals surface area contributed by atoms with Crippen LogP contribution in [-0.4, -0.2) is 44.7 Å². The van der Waals surface area contributed by atoms with E-state index in [0.717, 1.165) is 25.4 Å². The normalized spacial score (nSPS) is 22.9. The topological polar surface area (TPSA) is 40.4 Å². The van der Waals surface area contributed by atoms with E-state index in [9.17, 15) is 0 Å². The summed E-state index contributed by atoms with van der Waals surface area (Å²) >= 11 is 0. The predicted octanol–water partition coefficient (Wildman–Crippen LogP) is 1.22. The molecule has 1 saturated heterocycles. The van der Waals surface area contributed by atoms with Gasteiger partial charge in [-0.25, -0.2) is 0 Å². The summed E-state index contributed by atoms with van der Waals surface area (Å²) < 4.78 is 5.50. The molecule has 4 heteroatoms. The quantitative estimate of drug-likeness (QED) is 0.808. The molecule has 2 heterocycles. The van der Waals surface area contributed by atoms with E-state index in [4.69, 9.17) is 4.42 Å². The maximum Gasteiger partial charge on any atom is 0.122 e. The minimum absolute atomic E-state index is 0.312. The number of piperidine rings is 1. The molecule has 0 aliphatic carbocycles. The van der Waals surface area contributed by atoms with Crippen molar-refractivity contribution in [2.45, 2.75) is 24.9 Å². The van der Waals surface area contributed by atoms with Gasteiger partial charge >= 0.3 is 0 Å². The predicted molar refractivity (Wildman–Crippen MR) is 69.0 cm³/mol. The Morgan fingerprint density at radius 2 is 2.47 bits per heavy atom. The Hall–Kier alpha value is -0.840. The van der Waals surface area contributed by atoms with E-state index in [1.54, 1.807) is 6.26 Å². The van der Waals surface area contributed by atoms with Gasteiger partial charge in [-0.3, -0.25) is 4.90 Å². The third kappa shape index (κ3) is 3.56. The molecule has 17 heavy (non-hydrogen) atoms. The fourth-order valence-corrected chi connectivity index (χ4v) is 2.32. The van der Waals surface area contributed by atoms with Crippen LogP contribution in [0.15, 0.2) is 22.8 Å². The molecule has 1 aromatic heterocycles. The standard InChI is InChI=1S/C13H23N3O/c1-16(2)12(13-6-4-8-17-13)10-15-11-5-3-7-14-9-11/h4,6,8,11-12,14-15H,3,5,7,9-10H2,1-2H3. The fourth-order valence-electron chi connectivity index (χ4n) is 2.32. The van der Waals surface area contributed by atoms with Gasteiger partial charge in [0.15, 0.2) is 0 Å². The van der Waals surface area contributed by atoms with Crippen LogP contribution in [0.1, 0.15) is 24.6 Å². The van der Waals surface area contributed by atoms with Crippen LogP contribution in [0.25, 0.3) is 0 Å². The van der Waals surface area contributed by atoms with E-state index in [0.29, 0.717) is 12.1 Å². The summed E-state index contributed by atoms with van der Waals surface area (Å²) in [5.74, 6) is 1.03. The molecule has 1 aliphatic heterocycles. The summed E-state index contributed by atoms with van der Waals surface area (Å²) in [4.78, 5) is 2.20. The summed E-state index contributed by atoms with van der Waals surface area (Å²) in [5.41, 5.74) is 0. The van der Waals surface area contributed by atoms with E-state index >= 15 is 0 Å². The van der Waals surface area contributed by atoms with Gasteiger partial charge < -0.3 is 15.1 Å². The van der Waals surface area contributed by atoms with Crippen molar-refractivity contribution in [3.63, 3.8) is 0 Å². The number of hydrogen-bond donors (Lipinski definition) is 2. The SMILES string of the molecule is CN(C)C(CNC1CCCNC1)c1ccco1. The molecule has 4 nitrogen and oxygen atoms in total. The number of furan rings is 1. The van der Waals surface area contributed by atoms with Gasteiger partial charge in [0.2, 0.25) is 0 Å². The largest absolute Gasteiger partial charge is 0.468 e. The molecule has 1 fully saturated rings. The molecule has 0 aromatic carbocycles. The average Bonchev–Trinajstić information content (AvgIpc) is 2.84. The number of likely N-dealkylation sites (N-methyl/N-ethyl adjacent to an activating group) is 1. The van der Waals surface area contributed by atoms with Crippen molar-refractivity contribution in [2.24, 2.45) is 0 Å². The second-order valence-corrected chi connectivity index (χ2v) is 4.95. The van der Waals surface area contributed by atoms with Crippen LogP contribution in [0.3, 0.4) is 0 Å². The molecule has 0 spiro atoms. The van der Waals surface area contributed by atoms with E-state index in [2.05, 4.69) is 29.6 Å². The van der Waals surface area contributed by atoms with Crippen molar-refractivity contribution in [1.29, 1.82) is 0 Å². The van der Waals surface area contributed by atoms with Gasteiger partial charge in [0.25, 0.3) is 0 Å². The van der Waals surface area contributed by atoms with Crippen LogP contribution in [0, 0.1) is 0 Å². The van der Waals surface area contributed by atoms with Crippen molar-refractivity contribution in [2.75, 3.05) is 33.7 Å². The first kappa shape index (κ1) is 12.6. The molecule has 1 aliphatic rings. The molecule has 0 saturated carbocycles. The Kier molecular flexibility index (Phi) is 4.59. The first-order valence-electron chi connectivity index (χ1n) is 6.41. The third-order valence-electron chi connectivity index (χ3n) is 3.39. The molecule has 0 amide bonds. The highest BCUT2D eigenvalue weighted by Gasteiger charge is 2.19. The molecule has 96 valence electrons. The Bertz CT molecular complexity index is 304. The van der Waals surface area contributed by atoms with Gasteiger partial charge in [-0.1, -0.05) is 0 Å². The van der Waals surface area contributed by atoms with E-state index in [-0.39, 0.29) is 0 Å². The number of hydrogen-bond acceptors (Lipinski definition) is 4. The molecular formula is C13H23N3O. The van der Waals surface area contributed by atoms with Crippen molar-refractivity contribution in [3.05, 3.63) is 24.2 Å². The van der Waals surface area contributed by atoms with Crippen molar-refractivity contribution in [3.8, 4) is 0 Å². The second-order valence-electron chi connectivity index (χ2n) is 4.95. The van der Waals surface area contributed by atoms with Crippen LogP contribution in [0.2, 0.25) is 0 Å². The monoisotopic (exact) mass is 237 g/mol. The maximum atomic E-state index is 5.50. The van der Waals surface area contributed by atoms with Crippen LogP contribution in [-0.2, 0) is 0 Å². The highest BCUT2D eigenvalue weighted by atomic mass is 16.3. The van der Waals surface area contributed by atoms with Gasteiger partial charge in [-0.15, -0.1) is 0 Å². The van der Waals surface area contributed by atoms with E-state index in [1.165, 1.54) is 12.8 Å². The molecule has 0 radical (unpaired) electrons. The molecule has 0 bridgehead atoms. The fraction of sp³-hybridized carbons (Fsp3) is 0.692. The van der Waals surface area contributed by atoms with E-state index < -0.39 is 0 Å². The first-order valence-corrected chi connectivity index (χ1v) is 6.41. The third-order valence-corrected chi connectivity index (χ3v) is 3.39. The Morgan fingerprint density at radius 1 is 1.59 bits per heavy atom. The van der Waals surface area contributed by atoms with Crippen LogP contribution >= 0.6 is 0 Å². The van der Waals surface area contributed by atoms with Gasteiger partial charge in [0, 0.05) is 19.1 Å². The van der Waals surface area contributed by atoms with Gasteiger partial charge in [0.05, 0.1) is 12.3 Å². The zero-order valence-corrected chi connectivity index (χ0v) is 10.8. The molecular weight excluding hydrogens is 214 g/mol. The Balaban J connectivity index is 1.85. The minimum atomic E-state index is 0.312. The zero-order valence-electron chi connectivity index (χ0n) is 10.8. The lowest BCUT2D eigenvalue weighted by Gasteiger charge is -2.28. The van der Waals surface area contributed by atoms with Crippen LogP contribution in [0.5, 0.6) is 0 Å². The number of nitrogens with one attached hydrogen (secondary N) is 2. The average molecular weight is 237 g/mol. The van der Waals surface area contributed by atoms with Crippen molar-refractivity contribution in [1.82, 2.24) is 15.5 Å².